The molecule has 0 spiro atoms. The summed E-state index contributed by atoms with van der Waals surface area (Å²) >= 11 is 1.80. The van der Waals surface area contributed by atoms with Crippen LogP contribution in [0.2, 0.25) is 0 Å². The second-order valence-electron chi connectivity index (χ2n) is 16.0. The van der Waals surface area contributed by atoms with Gasteiger partial charge in [0.05, 0.1) is 22.1 Å². The maximum Gasteiger partial charge on any atom is 0.238 e. The average Bonchev–Trinajstić information content (AvgIpc) is 4.02. The Morgan fingerprint density at radius 1 is 0.302 bits per heavy atom. The van der Waals surface area contributed by atoms with Crippen LogP contribution in [0.3, 0.4) is 0 Å². The van der Waals surface area contributed by atoms with E-state index in [0.717, 1.165) is 71.7 Å². The lowest BCUT2D eigenvalue weighted by atomic mass is 10.0. The second kappa shape index (κ2) is 14.2. The molecular formula is C57H35N5S. The fourth-order valence-corrected chi connectivity index (χ4v) is 10.6. The SMILES string of the molecule is c1ccc(-c2ccc(-c3nc(-c4ccc5c(c4)sc4ccccc45)nc(-n4c5ccccc5c5ccc6c7ccccc7n(-c7cccc(-c8ccccc8)c7)c6c54)n3)cc2)cc1. The Morgan fingerprint density at radius 3 is 1.51 bits per heavy atom. The number of fused-ring (bicyclic) bond motifs is 10. The molecule has 0 N–H and O–H groups in total. The highest BCUT2D eigenvalue weighted by Gasteiger charge is 2.24. The quantitative estimate of drug-likeness (QED) is 0.168. The first-order chi connectivity index (χ1) is 31.2. The van der Waals surface area contributed by atoms with Crippen LogP contribution in [0.1, 0.15) is 0 Å². The molecule has 13 rings (SSSR count). The van der Waals surface area contributed by atoms with Crippen molar-refractivity contribution in [3.05, 3.63) is 212 Å². The Labute approximate surface area is 366 Å². The Balaban J connectivity index is 1.11. The molecular weight excluding hydrogens is 787 g/mol. The lowest BCUT2D eigenvalue weighted by Crippen LogP contribution is -2.07. The van der Waals surface area contributed by atoms with Gasteiger partial charge in [-0.3, -0.25) is 4.57 Å². The van der Waals surface area contributed by atoms with Crippen molar-refractivity contribution < 1.29 is 0 Å². The zero-order valence-corrected chi connectivity index (χ0v) is 34.7. The third-order valence-electron chi connectivity index (χ3n) is 12.4. The molecule has 0 aliphatic rings. The number of thiophene rings is 1. The molecule has 63 heavy (non-hydrogen) atoms. The molecule has 0 aliphatic heterocycles. The number of para-hydroxylation sites is 2. The molecule has 5 nitrogen and oxygen atoms in total. The summed E-state index contributed by atoms with van der Waals surface area (Å²) in [6, 6.07) is 75.6. The third kappa shape index (κ3) is 5.73. The number of aromatic nitrogens is 5. The van der Waals surface area contributed by atoms with E-state index >= 15 is 0 Å². The normalized spacial score (nSPS) is 11.8. The standard InChI is InChI=1S/C57H35N5S/c1-3-14-36(15-4-1)38-26-28-39(29-27-38)55-58-56(41-30-31-46-45-22-9-12-25-51(45)63-52(46)35-41)60-57(59-55)62-50-24-11-8-21-44(50)48-33-32-47-43-20-7-10-23-49(43)61(53(47)54(48)62)42-19-13-18-40(34-42)37-16-5-2-6-17-37/h1-35H. The van der Waals surface area contributed by atoms with Gasteiger partial charge < -0.3 is 4.57 Å². The predicted molar refractivity (Wildman–Crippen MR) is 263 cm³/mol. The van der Waals surface area contributed by atoms with E-state index in [1.54, 1.807) is 11.3 Å². The molecule has 0 amide bonds. The van der Waals surface area contributed by atoms with Crippen LogP contribution in [0.25, 0.3) is 120 Å². The first-order valence-corrected chi connectivity index (χ1v) is 22.0. The van der Waals surface area contributed by atoms with Crippen molar-refractivity contribution in [2.24, 2.45) is 0 Å². The fraction of sp³-hybridized carbons (Fsp3) is 0. The molecule has 13 aromatic rings. The number of hydrogen-bond donors (Lipinski definition) is 0. The van der Waals surface area contributed by atoms with Crippen LogP contribution in [-0.2, 0) is 0 Å². The summed E-state index contributed by atoms with van der Waals surface area (Å²) in [5, 5.41) is 7.10. The first kappa shape index (κ1) is 35.6. The van der Waals surface area contributed by atoms with Gasteiger partial charge in [0, 0.05) is 58.5 Å². The van der Waals surface area contributed by atoms with E-state index in [-0.39, 0.29) is 0 Å². The van der Waals surface area contributed by atoms with Crippen molar-refractivity contribution in [1.29, 1.82) is 0 Å². The summed E-state index contributed by atoms with van der Waals surface area (Å²) in [6.45, 7) is 0. The van der Waals surface area contributed by atoms with Crippen molar-refractivity contribution in [3.8, 4) is 56.7 Å². The van der Waals surface area contributed by atoms with Crippen molar-refractivity contribution >= 4 is 75.1 Å². The Bertz CT molecular complexity index is 3900. The van der Waals surface area contributed by atoms with Crippen LogP contribution < -0.4 is 0 Å². The summed E-state index contributed by atoms with van der Waals surface area (Å²) < 4.78 is 7.16. The van der Waals surface area contributed by atoms with Crippen molar-refractivity contribution in [3.63, 3.8) is 0 Å². The van der Waals surface area contributed by atoms with Gasteiger partial charge in [-0.15, -0.1) is 11.3 Å². The van der Waals surface area contributed by atoms with Crippen LogP contribution >= 0.6 is 11.3 Å². The zero-order chi connectivity index (χ0) is 41.4. The number of rotatable bonds is 6. The highest BCUT2D eigenvalue weighted by molar-refractivity contribution is 7.25. The molecule has 0 saturated heterocycles. The molecule has 0 atom stereocenters. The van der Waals surface area contributed by atoms with Gasteiger partial charge >= 0.3 is 0 Å². The van der Waals surface area contributed by atoms with E-state index in [1.165, 1.54) is 31.1 Å². The minimum Gasteiger partial charge on any atom is -0.307 e. The molecule has 0 aliphatic carbocycles. The smallest absolute Gasteiger partial charge is 0.238 e. The van der Waals surface area contributed by atoms with E-state index in [4.69, 9.17) is 15.0 Å². The van der Waals surface area contributed by atoms with E-state index in [0.29, 0.717) is 17.6 Å². The topological polar surface area (TPSA) is 48.5 Å². The highest BCUT2D eigenvalue weighted by atomic mass is 32.1. The van der Waals surface area contributed by atoms with Crippen LogP contribution in [0.15, 0.2) is 212 Å². The zero-order valence-electron chi connectivity index (χ0n) is 33.9. The number of benzene rings is 9. The lowest BCUT2D eigenvalue weighted by molar-refractivity contribution is 0.953. The van der Waals surface area contributed by atoms with Gasteiger partial charge in [0.1, 0.15) is 0 Å². The molecule has 0 fully saturated rings. The summed E-state index contributed by atoms with van der Waals surface area (Å²) in [7, 11) is 0. The minimum absolute atomic E-state index is 0.562. The Kier molecular flexibility index (Phi) is 8.01. The van der Waals surface area contributed by atoms with Crippen LogP contribution in [-0.4, -0.2) is 24.1 Å². The average molecular weight is 822 g/mol. The van der Waals surface area contributed by atoms with Gasteiger partial charge in [-0.25, -0.2) is 4.98 Å². The van der Waals surface area contributed by atoms with Crippen molar-refractivity contribution in [2.75, 3.05) is 0 Å². The maximum atomic E-state index is 5.45. The molecule has 0 unspecified atom stereocenters. The van der Waals surface area contributed by atoms with Gasteiger partial charge in [-0.2, -0.15) is 9.97 Å². The predicted octanol–water partition coefficient (Wildman–Crippen LogP) is 15.1. The Morgan fingerprint density at radius 2 is 0.794 bits per heavy atom. The Hall–Kier alpha value is -8.19. The summed E-state index contributed by atoms with van der Waals surface area (Å²) in [6.07, 6.45) is 0. The summed E-state index contributed by atoms with van der Waals surface area (Å²) in [5.74, 6) is 1.79. The minimum atomic E-state index is 0.562. The van der Waals surface area contributed by atoms with E-state index in [2.05, 4.69) is 215 Å². The molecule has 294 valence electrons. The molecule has 9 aromatic carbocycles. The second-order valence-corrected chi connectivity index (χ2v) is 17.1. The number of nitrogens with zero attached hydrogens (tertiary/aromatic N) is 5. The fourth-order valence-electron chi connectivity index (χ4n) is 9.46. The van der Waals surface area contributed by atoms with Gasteiger partial charge in [0.25, 0.3) is 0 Å². The van der Waals surface area contributed by atoms with Gasteiger partial charge in [-0.1, -0.05) is 176 Å². The van der Waals surface area contributed by atoms with Crippen LogP contribution in [0.5, 0.6) is 0 Å². The largest absolute Gasteiger partial charge is 0.307 e. The van der Waals surface area contributed by atoms with E-state index < -0.39 is 0 Å². The highest BCUT2D eigenvalue weighted by Crippen LogP contribution is 2.42. The first-order valence-electron chi connectivity index (χ1n) is 21.2. The van der Waals surface area contributed by atoms with E-state index in [1.807, 2.05) is 6.07 Å². The van der Waals surface area contributed by atoms with E-state index in [9.17, 15) is 0 Å². The third-order valence-corrected chi connectivity index (χ3v) is 13.5. The maximum absolute atomic E-state index is 5.45. The van der Waals surface area contributed by atoms with Gasteiger partial charge in [0.2, 0.25) is 5.95 Å². The molecule has 0 bridgehead atoms. The molecule has 4 heterocycles. The molecule has 0 saturated carbocycles. The summed E-state index contributed by atoms with van der Waals surface area (Å²) in [5.41, 5.74) is 11.9. The van der Waals surface area contributed by atoms with Gasteiger partial charge in [-0.05, 0) is 58.7 Å². The lowest BCUT2D eigenvalue weighted by Gasteiger charge is -2.14. The van der Waals surface area contributed by atoms with Crippen molar-refractivity contribution in [1.82, 2.24) is 24.1 Å². The van der Waals surface area contributed by atoms with Crippen LogP contribution in [0.4, 0.5) is 0 Å². The molecule has 4 aromatic heterocycles. The van der Waals surface area contributed by atoms with Crippen LogP contribution in [0, 0.1) is 0 Å². The van der Waals surface area contributed by atoms with Crippen molar-refractivity contribution in [2.45, 2.75) is 0 Å². The molecule has 0 radical (unpaired) electrons. The van der Waals surface area contributed by atoms with Gasteiger partial charge in [0.15, 0.2) is 11.6 Å². The summed E-state index contributed by atoms with van der Waals surface area (Å²) in [4.78, 5) is 16.1. The molecule has 6 heteroatoms. The number of hydrogen-bond acceptors (Lipinski definition) is 4. The monoisotopic (exact) mass is 821 g/mol.